The molecule has 0 fully saturated rings. The average molecular weight is 488 g/mol. The van der Waals surface area contributed by atoms with Gasteiger partial charge in [-0.1, -0.05) is 54.6 Å². The molecule has 3 aromatic carbocycles. The number of aliphatic hydroxyl groups is 1. The van der Waals surface area contributed by atoms with Gasteiger partial charge < -0.3 is 10.8 Å². The van der Waals surface area contributed by atoms with Crippen LogP contribution in [0.25, 0.3) is 16.5 Å². The highest BCUT2D eigenvalue weighted by Crippen LogP contribution is 2.45. The number of hydrogen-bond acceptors (Lipinski definition) is 3. The lowest BCUT2D eigenvalue weighted by Gasteiger charge is -2.31. The molecule has 1 unspecified atom stereocenters. The normalized spacial score (nSPS) is 14.2. The van der Waals surface area contributed by atoms with Crippen LogP contribution in [0, 0.1) is 0 Å². The van der Waals surface area contributed by atoms with Gasteiger partial charge in [0.25, 0.3) is 0 Å². The van der Waals surface area contributed by atoms with Crippen molar-refractivity contribution in [2.24, 2.45) is 5.73 Å². The fourth-order valence-corrected chi connectivity index (χ4v) is 3.74. The van der Waals surface area contributed by atoms with Crippen LogP contribution in [0.5, 0.6) is 0 Å². The minimum Gasteiger partial charge on any atom is -0.399 e. The Hall–Kier alpha value is -3.04. The molecule has 0 aliphatic rings. The van der Waals surface area contributed by atoms with Gasteiger partial charge in [-0.3, -0.25) is 4.79 Å². The number of fused-ring (bicyclic) bond motifs is 1. The lowest BCUT2D eigenvalue weighted by molar-refractivity contribution is -0.265. The molecule has 0 bridgehead atoms. The van der Waals surface area contributed by atoms with Crippen molar-refractivity contribution in [1.82, 2.24) is 0 Å². The Morgan fingerprint density at radius 2 is 1.42 bits per heavy atom. The van der Waals surface area contributed by atoms with E-state index in [2.05, 4.69) is 6.58 Å². The summed E-state index contributed by atoms with van der Waals surface area (Å²) in [6, 6.07) is 9.97. The number of benzene rings is 3. The molecule has 3 rings (SSSR count). The van der Waals surface area contributed by atoms with Crippen molar-refractivity contribution in [3.05, 3.63) is 88.5 Å². The second kappa shape index (κ2) is 8.39. The first-order valence-corrected chi connectivity index (χ1v) is 9.70. The number of Topliss-reactive ketones (excluding diaryl/α,β-unsaturated/α-hetero) is 1. The number of ketones is 1. The van der Waals surface area contributed by atoms with E-state index >= 15 is 0 Å². The minimum atomic E-state index is -5.49. The number of rotatable bonds is 5. The fraction of sp³-hybridized carbons (Fsp3) is 0.174. The highest BCUT2D eigenvalue weighted by Gasteiger charge is 2.56. The number of halogens is 7. The zero-order chi connectivity index (χ0) is 24.8. The molecule has 3 N–H and O–H groups in total. The van der Waals surface area contributed by atoms with Crippen LogP contribution in [0.1, 0.15) is 33.5 Å². The van der Waals surface area contributed by atoms with E-state index in [9.17, 15) is 36.2 Å². The smallest absolute Gasteiger partial charge is 0.399 e. The van der Waals surface area contributed by atoms with Crippen molar-refractivity contribution in [2.75, 3.05) is 0 Å². The second-order valence-corrected chi connectivity index (χ2v) is 7.85. The molecule has 0 aliphatic heterocycles. The van der Waals surface area contributed by atoms with Crippen molar-refractivity contribution < 1.29 is 36.2 Å². The molecular formula is C23H16ClF6NO2. The van der Waals surface area contributed by atoms with Gasteiger partial charge in [-0.15, -0.1) is 0 Å². The number of nitrogens with two attached hydrogens (primary N) is 1. The summed E-state index contributed by atoms with van der Waals surface area (Å²) in [5.41, 5.74) is -0.428. The van der Waals surface area contributed by atoms with Crippen molar-refractivity contribution in [3.63, 3.8) is 0 Å². The van der Waals surface area contributed by atoms with Gasteiger partial charge in [0, 0.05) is 21.8 Å². The summed E-state index contributed by atoms with van der Waals surface area (Å²) in [5.74, 6) is -1.14. The third-order valence-electron chi connectivity index (χ3n) is 5.16. The number of carbonyl (C=O) groups is 1. The van der Waals surface area contributed by atoms with E-state index in [1.54, 1.807) is 18.2 Å². The second-order valence-electron chi connectivity index (χ2n) is 7.42. The van der Waals surface area contributed by atoms with Gasteiger partial charge in [-0.25, -0.2) is 0 Å². The maximum absolute atomic E-state index is 14.0. The van der Waals surface area contributed by atoms with Crippen LogP contribution < -0.4 is 5.73 Å². The highest BCUT2D eigenvalue weighted by molar-refractivity contribution is 6.30. The van der Waals surface area contributed by atoms with Gasteiger partial charge in [0.1, 0.15) is 0 Å². The number of carbonyl (C=O) groups excluding carboxylic acids is 1. The highest BCUT2D eigenvalue weighted by atomic mass is 35.5. The minimum absolute atomic E-state index is 0.131. The summed E-state index contributed by atoms with van der Waals surface area (Å²) in [6.45, 7) is 3.62. The predicted molar refractivity (Wildman–Crippen MR) is 113 cm³/mol. The maximum atomic E-state index is 14.0. The molecule has 0 heterocycles. The molecule has 174 valence electrons. The van der Waals surface area contributed by atoms with E-state index in [0.29, 0.717) is 23.1 Å². The van der Waals surface area contributed by atoms with Gasteiger partial charge in [0.05, 0.1) is 12.0 Å². The first-order valence-electron chi connectivity index (χ1n) is 9.32. The average Bonchev–Trinajstić information content (AvgIpc) is 2.70. The summed E-state index contributed by atoms with van der Waals surface area (Å²) in [4.78, 5) is 13.0. The molecule has 1 atom stereocenters. The Morgan fingerprint density at radius 1 is 0.909 bits per heavy atom. The molecule has 33 heavy (non-hydrogen) atoms. The Bertz CT molecular complexity index is 1250. The van der Waals surface area contributed by atoms with Crippen LogP contribution >= 0.6 is 11.6 Å². The van der Waals surface area contributed by atoms with Gasteiger partial charge in [0.2, 0.25) is 0 Å². The summed E-state index contributed by atoms with van der Waals surface area (Å²) in [7, 11) is 0. The van der Waals surface area contributed by atoms with E-state index < -0.39 is 46.3 Å². The van der Waals surface area contributed by atoms with Crippen LogP contribution in [-0.2, 0) is 11.8 Å². The zero-order valence-electron chi connectivity index (χ0n) is 16.7. The molecule has 0 saturated carbocycles. The molecule has 0 radical (unpaired) electrons. The summed E-state index contributed by atoms with van der Waals surface area (Å²) in [6.07, 6.45) is -12.1. The van der Waals surface area contributed by atoms with Crippen LogP contribution in [0.3, 0.4) is 0 Å². The molecule has 3 aromatic rings. The van der Waals surface area contributed by atoms with Crippen LogP contribution in [0.2, 0.25) is 5.02 Å². The zero-order valence-corrected chi connectivity index (χ0v) is 17.4. The summed E-state index contributed by atoms with van der Waals surface area (Å²) >= 11 is 5.61. The molecule has 0 aromatic heterocycles. The van der Waals surface area contributed by atoms with E-state index in [4.69, 9.17) is 17.3 Å². The van der Waals surface area contributed by atoms with E-state index in [-0.39, 0.29) is 22.7 Å². The predicted octanol–water partition coefficient (Wildman–Crippen LogP) is 6.46. The standard InChI is InChI=1S/C23H16ClF6NO2/c1-12(31)16-6-7-19(18-5-3-2-4-17(16)18)20(32)11-21(33,23(28,29)30)13-8-14(22(25,26)27)10-15(24)9-13/h2-10,33H,1,11,31H2. The Morgan fingerprint density at radius 3 is 1.94 bits per heavy atom. The Labute approximate surface area is 189 Å². The molecular weight excluding hydrogens is 472 g/mol. The number of alkyl halides is 6. The van der Waals surface area contributed by atoms with Crippen molar-refractivity contribution in [1.29, 1.82) is 0 Å². The van der Waals surface area contributed by atoms with Crippen LogP contribution in [0.4, 0.5) is 26.3 Å². The third-order valence-corrected chi connectivity index (χ3v) is 5.38. The maximum Gasteiger partial charge on any atom is 0.421 e. The molecule has 10 heteroatoms. The molecule has 0 aliphatic carbocycles. The lowest BCUT2D eigenvalue weighted by Crippen LogP contribution is -2.44. The molecule has 0 spiro atoms. The topological polar surface area (TPSA) is 63.3 Å². The van der Waals surface area contributed by atoms with Crippen molar-refractivity contribution in [3.8, 4) is 0 Å². The van der Waals surface area contributed by atoms with Crippen molar-refractivity contribution in [2.45, 2.75) is 24.4 Å². The lowest BCUT2D eigenvalue weighted by atomic mass is 9.84. The molecule has 0 amide bonds. The monoisotopic (exact) mass is 487 g/mol. The van der Waals surface area contributed by atoms with E-state index in [1.165, 1.54) is 18.2 Å². The summed E-state index contributed by atoms with van der Waals surface area (Å²) < 4.78 is 81.3. The third kappa shape index (κ3) is 4.69. The van der Waals surface area contributed by atoms with Crippen LogP contribution in [-0.4, -0.2) is 17.1 Å². The fourth-order valence-electron chi connectivity index (χ4n) is 3.51. The molecule has 3 nitrogen and oxygen atoms in total. The first-order chi connectivity index (χ1) is 15.1. The Kier molecular flexibility index (Phi) is 6.25. The van der Waals surface area contributed by atoms with Gasteiger partial charge in [0.15, 0.2) is 11.4 Å². The summed E-state index contributed by atoms with van der Waals surface area (Å²) in [5, 5.41) is 10.6. The van der Waals surface area contributed by atoms with Gasteiger partial charge in [-0.05, 0) is 34.5 Å². The van der Waals surface area contributed by atoms with E-state index in [0.717, 1.165) is 0 Å². The van der Waals surface area contributed by atoms with Crippen LogP contribution in [0.15, 0.2) is 61.2 Å². The quantitative estimate of drug-likeness (QED) is 0.320. The van der Waals surface area contributed by atoms with Gasteiger partial charge in [-0.2, -0.15) is 26.3 Å². The van der Waals surface area contributed by atoms with Crippen molar-refractivity contribution >= 4 is 33.9 Å². The first kappa shape index (κ1) is 24.6. The largest absolute Gasteiger partial charge is 0.421 e. The van der Waals surface area contributed by atoms with E-state index in [1.807, 2.05) is 0 Å². The molecule has 0 saturated heterocycles. The van der Waals surface area contributed by atoms with Gasteiger partial charge >= 0.3 is 12.4 Å². The Balaban J connectivity index is 2.15. The SMILES string of the molecule is C=C(N)c1ccc(C(=O)CC(O)(c2cc(Cl)cc(C(F)(F)F)c2)C(F)(F)F)c2ccccc12. The number of hydrogen-bond donors (Lipinski definition) is 2.